The van der Waals surface area contributed by atoms with Crippen LogP contribution in [0.2, 0.25) is 0 Å². The Morgan fingerprint density at radius 1 is 1.04 bits per heavy atom. The number of benzene rings is 1. The van der Waals surface area contributed by atoms with Gasteiger partial charge in [-0.25, -0.2) is 9.97 Å². The number of aromatic nitrogens is 2. The second-order valence-corrected chi connectivity index (χ2v) is 7.59. The van der Waals surface area contributed by atoms with Crippen LogP contribution in [0.5, 0.6) is 0 Å². The Balaban J connectivity index is 2.05. The van der Waals surface area contributed by atoms with Gasteiger partial charge < -0.3 is 10.2 Å². The highest BCUT2D eigenvalue weighted by molar-refractivity contribution is 5.71. The SMILES string of the molecule is CCC(CC)N1CCCc2c(Nc3c(C)cc(C)cc3C)nc(C)nc21. The molecule has 0 amide bonds. The van der Waals surface area contributed by atoms with Crippen LogP contribution in [0.15, 0.2) is 12.1 Å². The molecule has 2 heterocycles. The molecule has 0 saturated heterocycles. The van der Waals surface area contributed by atoms with Gasteiger partial charge in [0, 0.05) is 23.8 Å². The van der Waals surface area contributed by atoms with E-state index in [1.54, 1.807) is 0 Å². The van der Waals surface area contributed by atoms with Crippen molar-refractivity contribution in [2.24, 2.45) is 0 Å². The van der Waals surface area contributed by atoms with Gasteiger partial charge in [0.2, 0.25) is 0 Å². The minimum Gasteiger partial charge on any atom is -0.353 e. The summed E-state index contributed by atoms with van der Waals surface area (Å²) < 4.78 is 0. The maximum absolute atomic E-state index is 4.85. The van der Waals surface area contributed by atoms with E-state index in [9.17, 15) is 0 Å². The number of hydrogen-bond donors (Lipinski definition) is 1. The first-order valence-electron chi connectivity index (χ1n) is 9.93. The highest BCUT2D eigenvalue weighted by Crippen LogP contribution is 2.35. The Bertz CT molecular complexity index is 770. The fourth-order valence-corrected chi connectivity index (χ4v) is 4.26. The Labute approximate surface area is 158 Å². The van der Waals surface area contributed by atoms with E-state index in [1.807, 2.05) is 6.92 Å². The summed E-state index contributed by atoms with van der Waals surface area (Å²) in [5, 5.41) is 3.65. The van der Waals surface area contributed by atoms with Crippen LogP contribution in [0.4, 0.5) is 17.3 Å². The van der Waals surface area contributed by atoms with Crippen LogP contribution in [0.25, 0.3) is 0 Å². The normalized spacial score (nSPS) is 13.9. The fourth-order valence-electron chi connectivity index (χ4n) is 4.26. The lowest BCUT2D eigenvalue weighted by atomic mass is 10.0. The quantitative estimate of drug-likeness (QED) is 0.783. The molecule has 1 aromatic heterocycles. The maximum Gasteiger partial charge on any atom is 0.139 e. The second kappa shape index (κ2) is 7.65. The topological polar surface area (TPSA) is 41.0 Å². The first kappa shape index (κ1) is 18.7. The second-order valence-electron chi connectivity index (χ2n) is 7.59. The average Bonchev–Trinajstić information content (AvgIpc) is 2.59. The summed E-state index contributed by atoms with van der Waals surface area (Å²) in [6.45, 7) is 14.1. The molecule has 0 saturated carbocycles. The summed E-state index contributed by atoms with van der Waals surface area (Å²) in [7, 11) is 0. The van der Waals surface area contributed by atoms with Gasteiger partial charge in [-0.2, -0.15) is 0 Å². The minimum atomic E-state index is 0.555. The first-order chi connectivity index (χ1) is 12.4. The van der Waals surface area contributed by atoms with Gasteiger partial charge >= 0.3 is 0 Å². The van der Waals surface area contributed by atoms with Crippen molar-refractivity contribution in [3.63, 3.8) is 0 Å². The molecule has 1 N–H and O–H groups in total. The van der Waals surface area contributed by atoms with Crippen LogP contribution in [0, 0.1) is 27.7 Å². The minimum absolute atomic E-state index is 0.555. The van der Waals surface area contributed by atoms with Crippen LogP contribution in [0.3, 0.4) is 0 Å². The van der Waals surface area contributed by atoms with Crippen LogP contribution in [-0.2, 0) is 6.42 Å². The number of nitrogens with zero attached hydrogens (tertiary/aromatic N) is 3. The molecule has 0 unspecified atom stereocenters. The van der Waals surface area contributed by atoms with Crippen LogP contribution < -0.4 is 10.2 Å². The Hall–Kier alpha value is -2.10. The molecule has 0 atom stereocenters. The average molecular weight is 353 g/mol. The molecule has 0 spiro atoms. The number of nitrogens with one attached hydrogen (secondary N) is 1. The van der Waals surface area contributed by atoms with Crippen molar-refractivity contribution < 1.29 is 0 Å². The van der Waals surface area contributed by atoms with E-state index < -0.39 is 0 Å². The molecular formula is C22H32N4. The van der Waals surface area contributed by atoms with Crippen molar-refractivity contribution in [3.8, 4) is 0 Å². The predicted octanol–water partition coefficient (Wildman–Crippen LogP) is 5.40. The van der Waals surface area contributed by atoms with E-state index in [4.69, 9.17) is 9.97 Å². The fraction of sp³-hybridized carbons (Fsp3) is 0.545. The Morgan fingerprint density at radius 3 is 2.31 bits per heavy atom. The number of hydrogen-bond acceptors (Lipinski definition) is 4. The van der Waals surface area contributed by atoms with E-state index >= 15 is 0 Å². The van der Waals surface area contributed by atoms with Gasteiger partial charge in [0.15, 0.2) is 0 Å². The molecule has 26 heavy (non-hydrogen) atoms. The highest BCUT2D eigenvalue weighted by Gasteiger charge is 2.27. The molecule has 1 aliphatic rings. The van der Waals surface area contributed by atoms with Gasteiger partial charge in [0.1, 0.15) is 17.5 Å². The largest absolute Gasteiger partial charge is 0.353 e. The van der Waals surface area contributed by atoms with Crippen molar-refractivity contribution in [1.29, 1.82) is 0 Å². The molecular weight excluding hydrogens is 320 g/mol. The predicted molar refractivity (Wildman–Crippen MR) is 111 cm³/mol. The standard InChI is InChI=1S/C22H32N4/c1-7-18(8-2)26-11-9-10-19-21(23-17(6)24-22(19)26)25-20-15(4)12-14(3)13-16(20)5/h12-13,18H,7-11H2,1-6H3,(H,23,24,25). The van der Waals surface area contributed by atoms with Crippen molar-refractivity contribution in [2.45, 2.75) is 73.3 Å². The van der Waals surface area contributed by atoms with Crippen LogP contribution in [0.1, 0.15) is 61.2 Å². The zero-order valence-electron chi connectivity index (χ0n) is 17.1. The monoisotopic (exact) mass is 352 g/mol. The third-order valence-corrected chi connectivity index (χ3v) is 5.50. The molecule has 140 valence electrons. The van der Waals surface area contributed by atoms with E-state index in [1.165, 1.54) is 27.9 Å². The molecule has 0 fully saturated rings. The third kappa shape index (κ3) is 3.55. The number of fused-ring (bicyclic) bond motifs is 1. The number of aryl methyl sites for hydroxylation is 4. The highest BCUT2D eigenvalue weighted by atomic mass is 15.2. The lowest BCUT2D eigenvalue weighted by molar-refractivity contribution is 0.525. The van der Waals surface area contributed by atoms with Crippen LogP contribution in [-0.4, -0.2) is 22.6 Å². The van der Waals surface area contributed by atoms with E-state index in [0.717, 1.165) is 49.7 Å². The van der Waals surface area contributed by atoms with Crippen LogP contribution >= 0.6 is 0 Å². The van der Waals surface area contributed by atoms with E-state index in [-0.39, 0.29) is 0 Å². The number of anilines is 3. The third-order valence-electron chi connectivity index (χ3n) is 5.50. The molecule has 0 radical (unpaired) electrons. The summed E-state index contributed by atoms with van der Waals surface area (Å²) in [5.74, 6) is 2.96. The molecule has 1 aliphatic heterocycles. The smallest absolute Gasteiger partial charge is 0.139 e. The Kier molecular flexibility index (Phi) is 5.49. The van der Waals surface area contributed by atoms with Crippen molar-refractivity contribution in [1.82, 2.24) is 9.97 Å². The summed E-state index contributed by atoms with van der Waals surface area (Å²) in [6, 6.07) is 5.01. The molecule has 3 rings (SSSR count). The Morgan fingerprint density at radius 2 is 1.69 bits per heavy atom. The summed E-state index contributed by atoms with van der Waals surface area (Å²) in [4.78, 5) is 12.1. The molecule has 1 aromatic carbocycles. The van der Waals surface area contributed by atoms with E-state index in [2.05, 4.69) is 57.0 Å². The molecule has 4 nitrogen and oxygen atoms in total. The molecule has 0 aliphatic carbocycles. The maximum atomic E-state index is 4.85. The summed E-state index contributed by atoms with van der Waals surface area (Å²) in [6.07, 6.45) is 4.50. The number of rotatable bonds is 5. The van der Waals surface area contributed by atoms with Crippen molar-refractivity contribution in [3.05, 3.63) is 40.2 Å². The van der Waals surface area contributed by atoms with Gasteiger partial charge in [0.05, 0.1) is 0 Å². The van der Waals surface area contributed by atoms with Gasteiger partial charge in [-0.3, -0.25) is 0 Å². The first-order valence-corrected chi connectivity index (χ1v) is 9.93. The van der Waals surface area contributed by atoms with Gasteiger partial charge in [-0.05, 0) is 64.5 Å². The lowest BCUT2D eigenvalue weighted by Crippen LogP contribution is -2.39. The lowest BCUT2D eigenvalue weighted by Gasteiger charge is -2.37. The summed E-state index contributed by atoms with van der Waals surface area (Å²) in [5.41, 5.74) is 6.27. The van der Waals surface area contributed by atoms with Gasteiger partial charge in [-0.15, -0.1) is 0 Å². The zero-order valence-corrected chi connectivity index (χ0v) is 17.1. The van der Waals surface area contributed by atoms with Gasteiger partial charge in [0.25, 0.3) is 0 Å². The summed E-state index contributed by atoms with van der Waals surface area (Å²) >= 11 is 0. The van der Waals surface area contributed by atoms with Crippen molar-refractivity contribution in [2.75, 3.05) is 16.8 Å². The molecule has 4 heteroatoms. The van der Waals surface area contributed by atoms with Crippen molar-refractivity contribution >= 4 is 17.3 Å². The molecule has 2 aromatic rings. The van der Waals surface area contributed by atoms with E-state index in [0.29, 0.717) is 6.04 Å². The molecule has 0 bridgehead atoms. The van der Waals surface area contributed by atoms with Gasteiger partial charge in [-0.1, -0.05) is 31.5 Å². The zero-order chi connectivity index (χ0) is 18.8.